The number of rotatable bonds is 2. The Morgan fingerprint density at radius 1 is 0.929 bits per heavy atom. The zero-order valence-corrected chi connectivity index (χ0v) is 10.0. The Morgan fingerprint density at radius 2 is 1.36 bits per heavy atom. The molecular formula is C2H11F5N3OP3. The average molecular weight is 281 g/mol. The fourth-order valence-electron chi connectivity index (χ4n) is 0.966. The monoisotopic (exact) mass is 281 g/mol. The summed E-state index contributed by atoms with van der Waals surface area (Å²) in [5, 5.41) is 0. The van der Waals surface area contributed by atoms with Crippen molar-refractivity contribution in [1.29, 1.82) is 0 Å². The molecule has 4 nitrogen and oxygen atoms in total. The molecule has 12 heteroatoms. The standard InChI is InChI=1S/C2H11F5N3OP3/c1-2-11-14(7)9-12(3,4)8-13(5,6)10-14/h8-10,12-14H,2H2,1H3. The van der Waals surface area contributed by atoms with E-state index in [1.807, 2.05) is 0 Å². The van der Waals surface area contributed by atoms with Crippen LogP contribution in [0.2, 0.25) is 0 Å². The third-order valence-corrected chi connectivity index (χ3v) is 9.58. The Hall–Kier alpha value is 0.780. The molecule has 14 heavy (non-hydrogen) atoms. The van der Waals surface area contributed by atoms with Gasteiger partial charge >= 0.3 is 78.1 Å². The van der Waals surface area contributed by atoms with Crippen molar-refractivity contribution in [2.24, 2.45) is 0 Å². The molecule has 1 fully saturated rings. The van der Waals surface area contributed by atoms with Crippen molar-refractivity contribution in [3.8, 4) is 0 Å². The Kier molecular flexibility index (Phi) is 3.65. The van der Waals surface area contributed by atoms with E-state index in [2.05, 4.69) is 4.52 Å². The van der Waals surface area contributed by atoms with E-state index in [1.165, 1.54) is 16.6 Å². The molecule has 0 unspecified atom stereocenters. The van der Waals surface area contributed by atoms with Gasteiger partial charge in [-0.15, -0.1) is 0 Å². The molecule has 1 aliphatic rings. The minimum absolute atomic E-state index is 0.252. The maximum absolute atomic E-state index is 13.3. The summed E-state index contributed by atoms with van der Waals surface area (Å²) in [6.45, 7) is 1.08. The summed E-state index contributed by atoms with van der Waals surface area (Å²) in [7, 11) is -16.0. The molecule has 0 aliphatic carbocycles. The first-order valence-corrected chi connectivity index (χ1v) is 8.94. The van der Waals surface area contributed by atoms with Gasteiger partial charge in [-0.25, -0.2) is 0 Å². The number of hydrogen-bond donors (Lipinski definition) is 3. The molecule has 1 saturated heterocycles. The molecule has 1 heterocycles. The normalized spacial score (nSPS) is 35.6. The summed E-state index contributed by atoms with van der Waals surface area (Å²) in [5.74, 6) is 0. The van der Waals surface area contributed by atoms with Crippen LogP contribution in [0.25, 0.3) is 0 Å². The van der Waals surface area contributed by atoms with E-state index in [-0.39, 0.29) is 6.61 Å². The second-order valence-electron chi connectivity index (χ2n) is 2.55. The van der Waals surface area contributed by atoms with E-state index in [0.29, 0.717) is 0 Å². The van der Waals surface area contributed by atoms with Gasteiger partial charge in [-0.05, 0) is 0 Å². The van der Waals surface area contributed by atoms with Crippen LogP contribution in [-0.4, -0.2) is 6.61 Å². The summed E-state index contributed by atoms with van der Waals surface area (Å²) >= 11 is 0. The van der Waals surface area contributed by atoms with Gasteiger partial charge in [0.05, 0.1) is 0 Å². The van der Waals surface area contributed by atoms with Gasteiger partial charge in [0, 0.05) is 0 Å². The molecule has 0 aromatic rings. The summed E-state index contributed by atoms with van der Waals surface area (Å²) in [5.41, 5.74) is 0. The maximum atomic E-state index is 13.3. The van der Waals surface area contributed by atoms with E-state index in [4.69, 9.17) is 0 Å². The van der Waals surface area contributed by atoms with Crippen LogP contribution in [0.3, 0.4) is 0 Å². The summed E-state index contributed by atoms with van der Waals surface area (Å²) < 4.78 is 68.2. The molecule has 0 aromatic heterocycles. The van der Waals surface area contributed by atoms with Gasteiger partial charge in [-0.1, -0.05) is 0 Å². The van der Waals surface area contributed by atoms with E-state index in [0.717, 1.165) is 4.86 Å². The van der Waals surface area contributed by atoms with Crippen molar-refractivity contribution in [3.05, 3.63) is 0 Å². The number of nitrogens with one attached hydrogen (secondary N) is 3. The summed E-state index contributed by atoms with van der Waals surface area (Å²) in [4.78, 5) is 3.28. The van der Waals surface area contributed by atoms with Gasteiger partial charge in [0.1, 0.15) is 0 Å². The van der Waals surface area contributed by atoms with Crippen LogP contribution in [0.1, 0.15) is 6.92 Å². The first-order valence-electron chi connectivity index (χ1n) is 3.64. The van der Waals surface area contributed by atoms with Crippen molar-refractivity contribution in [2.45, 2.75) is 6.92 Å². The van der Waals surface area contributed by atoms with Crippen molar-refractivity contribution in [1.82, 2.24) is 14.6 Å². The van der Waals surface area contributed by atoms with Crippen molar-refractivity contribution in [2.75, 3.05) is 6.61 Å². The summed E-state index contributed by atoms with van der Waals surface area (Å²) in [6, 6.07) is 0. The molecule has 0 aromatic carbocycles. The molecule has 0 radical (unpaired) electrons. The van der Waals surface area contributed by atoms with E-state index >= 15 is 0 Å². The Morgan fingerprint density at radius 3 is 1.71 bits per heavy atom. The number of hydrogen-bond acceptors (Lipinski definition) is 4. The third-order valence-electron chi connectivity index (χ3n) is 1.29. The topological polar surface area (TPSA) is 45.3 Å². The van der Waals surface area contributed by atoms with Crippen LogP contribution in [0.4, 0.5) is 21.0 Å². The molecule has 1 rings (SSSR count). The van der Waals surface area contributed by atoms with Crippen LogP contribution < -0.4 is 14.6 Å². The Labute approximate surface area is 79.0 Å². The van der Waals surface area contributed by atoms with E-state index in [9.17, 15) is 21.0 Å². The Balaban J connectivity index is 2.80. The van der Waals surface area contributed by atoms with Gasteiger partial charge in [0.2, 0.25) is 0 Å². The van der Waals surface area contributed by atoms with E-state index < -0.39 is 24.5 Å². The van der Waals surface area contributed by atoms with Gasteiger partial charge in [-0.3, -0.25) is 0 Å². The first kappa shape index (κ1) is 12.8. The SMILES string of the molecule is CCO[PH]1(F)N[PH](F)(F)N[PH](F)(F)N1. The van der Waals surface area contributed by atoms with Gasteiger partial charge in [0.25, 0.3) is 0 Å². The molecule has 0 spiro atoms. The van der Waals surface area contributed by atoms with E-state index in [1.54, 1.807) is 0 Å². The molecule has 0 atom stereocenters. The van der Waals surface area contributed by atoms with Gasteiger partial charge in [0.15, 0.2) is 0 Å². The molecule has 0 amide bonds. The zero-order valence-electron chi connectivity index (χ0n) is 7.01. The van der Waals surface area contributed by atoms with Gasteiger partial charge in [-0.2, -0.15) is 0 Å². The predicted molar refractivity (Wildman–Crippen MR) is 51.5 cm³/mol. The van der Waals surface area contributed by atoms with Crippen LogP contribution in [-0.2, 0) is 4.52 Å². The van der Waals surface area contributed by atoms with Crippen molar-refractivity contribution in [3.63, 3.8) is 0 Å². The molecule has 0 saturated carbocycles. The number of halogens is 5. The second-order valence-corrected chi connectivity index (χ2v) is 9.33. The fraction of sp³-hybridized carbons (Fsp3) is 1.00. The van der Waals surface area contributed by atoms with Crippen LogP contribution in [0.15, 0.2) is 0 Å². The van der Waals surface area contributed by atoms with Crippen LogP contribution in [0.5, 0.6) is 0 Å². The quantitative estimate of drug-likeness (QED) is 0.538. The zero-order chi connectivity index (χ0) is 11.0. The molecular weight excluding hydrogens is 270 g/mol. The van der Waals surface area contributed by atoms with Crippen molar-refractivity contribution < 1.29 is 25.5 Å². The Bertz CT molecular complexity index is 212. The first-order chi connectivity index (χ1) is 6.18. The second kappa shape index (κ2) is 3.98. The fourth-order valence-corrected chi connectivity index (χ4v) is 9.19. The molecule has 3 N–H and O–H groups in total. The predicted octanol–water partition coefficient (Wildman–Crippen LogP) is 2.88. The van der Waals surface area contributed by atoms with Gasteiger partial charge < -0.3 is 0 Å². The third kappa shape index (κ3) is 3.42. The van der Waals surface area contributed by atoms with Crippen LogP contribution in [0, 0.1) is 0 Å². The molecule has 1 aliphatic heterocycles. The minimum atomic E-state index is -5.59. The van der Waals surface area contributed by atoms with Crippen LogP contribution >= 0.6 is 24.5 Å². The molecule has 0 bridgehead atoms. The van der Waals surface area contributed by atoms with Crippen molar-refractivity contribution >= 4 is 24.5 Å². The summed E-state index contributed by atoms with van der Waals surface area (Å²) in [6.07, 6.45) is 0. The average Bonchev–Trinajstić information content (AvgIpc) is 1.75. The molecule has 90 valence electrons.